The molecule has 0 atom stereocenters. The molecule has 7 nitrogen and oxygen atoms in total. The molecule has 0 radical (unpaired) electrons. The van der Waals surface area contributed by atoms with Crippen LogP contribution in [0.1, 0.15) is 5.56 Å². The lowest BCUT2D eigenvalue weighted by atomic mass is 10.2. The highest BCUT2D eigenvalue weighted by atomic mass is 35.5. The molecule has 4 N–H and O–H groups in total. The van der Waals surface area contributed by atoms with E-state index in [-0.39, 0.29) is 22.2 Å². The molecule has 2 aromatic rings. The molecule has 0 aliphatic carbocycles. The molecule has 1 aromatic carbocycles. The number of hydrogen-bond acceptors (Lipinski definition) is 6. The molecule has 0 bridgehead atoms. The molecule has 0 unspecified atom stereocenters. The van der Waals surface area contributed by atoms with E-state index in [1.807, 2.05) is 0 Å². The molecule has 19 heavy (non-hydrogen) atoms. The number of rotatable bonds is 3. The lowest BCUT2D eigenvalue weighted by Crippen LogP contribution is -2.10. The van der Waals surface area contributed by atoms with Gasteiger partial charge in [-0.15, -0.1) is 0 Å². The van der Waals surface area contributed by atoms with Gasteiger partial charge in [-0.05, 0) is 12.1 Å². The predicted octanol–water partition coefficient (Wildman–Crippen LogP) is 1.28. The zero-order valence-electron chi connectivity index (χ0n) is 9.46. The van der Waals surface area contributed by atoms with Gasteiger partial charge >= 0.3 is 0 Å². The molecule has 0 saturated carbocycles. The van der Waals surface area contributed by atoms with Gasteiger partial charge in [0.15, 0.2) is 11.5 Å². The van der Waals surface area contributed by atoms with E-state index in [1.165, 1.54) is 18.5 Å². The van der Waals surface area contributed by atoms with Crippen molar-refractivity contribution in [1.29, 1.82) is 0 Å². The third kappa shape index (κ3) is 2.83. The maximum absolute atomic E-state index is 11.2. The first kappa shape index (κ1) is 12.9. The predicted molar refractivity (Wildman–Crippen MR) is 70.9 cm³/mol. The Morgan fingerprint density at radius 2 is 2.21 bits per heavy atom. The van der Waals surface area contributed by atoms with E-state index in [2.05, 4.69) is 20.7 Å². The molecular formula is C11H9ClN4O3. The fourth-order valence-electron chi connectivity index (χ4n) is 1.29. The zero-order valence-corrected chi connectivity index (χ0v) is 10.2. The van der Waals surface area contributed by atoms with Crippen molar-refractivity contribution in [1.82, 2.24) is 10.2 Å². The Morgan fingerprint density at radius 1 is 1.42 bits per heavy atom. The van der Waals surface area contributed by atoms with Crippen LogP contribution in [0.4, 0.5) is 5.69 Å². The van der Waals surface area contributed by atoms with Gasteiger partial charge in [0.2, 0.25) is 0 Å². The maximum Gasteiger partial charge on any atom is 0.285 e. The molecular weight excluding hydrogens is 272 g/mol. The second kappa shape index (κ2) is 5.40. The number of nitrogens with one attached hydrogen (secondary N) is 2. The minimum Gasteiger partial charge on any atom is -0.504 e. The normalized spacial score (nSPS) is 10.8. The van der Waals surface area contributed by atoms with Crippen LogP contribution in [-0.2, 0) is 0 Å². The number of benzene rings is 1. The van der Waals surface area contributed by atoms with Crippen LogP contribution in [-0.4, -0.2) is 26.6 Å². The fourth-order valence-corrected chi connectivity index (χ4v) is 1.42. The molecule has 0 spiro atoms. The Balaban J connectivity index is 2.18. The maximum atomic E-state index is 11.2. The van der Waals surface area contributed by atoms with Gasteiger partial charge in [-0.3, -0.25) is 10.2 Å². The van der Waals surface area contributed by atoms with Crippen LogP contribution >= 0.6 is 11.6 Å². The highest BCUT2D eigenvalue weighted by Gasteiger charge is 2.04. The number of nitrogens with zero attached hydrogens (tertiary/aromatic N) is 2. The first-order chi connectivity index (χ1) is 9.09. The molecule has 0 saturated heterocycles. The van der Waals surface area contributed by atoms with Crippen LogP contribution in [0.5, 0.6) is 11.5 Å². The lowest BCUT2D eigenvalue weighted by molar-refractivity contribution is 0.403. The van der Waals surface area contributed by atoms with E-state index >= 15 is 0 Å². The Labute approximate surface area is 112 Å². The molecule has 98 valence electrons. The summed E-state index contributed by atoms with van der Waals surface area (Å²) in [4.78, 5) is 11.2. The molecule has 1 aromatic heterocycles. The third-order valence-electron chi connectivity index (χ3n) is 2.23. The quantitative estimate of drug-likeness (QED) is 0.384. The Bertz CT molecular complexity index is 684. The van der Waals surface area contributed by atoms with Crippen molar-refractivity contribution in [2.24, 2.45) is 5.10 Å². The summed E-state index contributed by atoms with van der Waals surface area (Å²) in [5.41, 5.74) is 2.50. The second-order valence-corrected chi connectivity index (χ2v) is 3.89. The van der Waals surface area contributed by atoms with E-state index in [4.69, 9.17) is 11.6 Å². The first-order valence-corrected chi connectivity index (χ1v) is 5.50. The number of hydrogen-bond donors (Lipinski definition) is 4. The number of phenols is 2. The van der Waals surface area contributed by atoms with Gasteiger partial charge in [0.05, 0.1) is 12.4 Å². The van der Waals surface area contributed by atoms with Gasteiger partial charge < -0.3 is 10.2 Å². The summed E-state index contributed by atoms with van der Waals surface area (Å²) in [7, 11) is 0. The topological polar surface area (TPSA) is 111 Å². The van der Waals surface area contributed by atoms with Crippen molar-refractivity contribution in [3.05, 3.63) is 45.3 Å². The van der Waals surface area contributed by atoms with Crippen LogP contribution in [0.3, 0.4) is 0 Å². The minimum absolute atomic E-state index is 0.0766. The smallest absolute Gasteiger partial charge is 0.285 e. The van der Waals surface area contributed by atoms with Crippen molar-refractivity contribution in [2.75, 3.05) is 5.43 Å². The average Bonchev–Trinajstić information content (AvgIpc) is 2.39. The molecule has 1 heterocycles. The molecule has 0 aliphatic heterocycles. The van der Waals surface area contributed by atoms with E-state index in [1.54, 1.807) is 12.1 Å². The van der Waals surface area contributed by atoms with E-state index in [0.717, 1.165) is 0 Å². The van der Waals surface area contributed by atoms with Crippen molar-refractivity contribution < 1.29 is 10.2 Å². The standard InChI is InChI=1S/C11H9ClN4O3/c12-9-7(5-14-16-11(9)19)15-13-4-6-2-1-3-8(17)10(6)18/h1-5,17-18H,(H2,15,16,19)/b13-4+. The fraction of sp³-hybridized carbons (Fsp3) is 0. The number of hydrazone groups is 1. The lowest BCUT2D eigenvalue weighted by Gasteiger charge is -2.02. The number of phenolic OH excluding ortho intramolecular Hbond substituents is 2. The summed E-state index contributed by atoms with van der Waals surface area (Å²) in [5.74, 6) is -0.539. The number of halogens is 1. The summed E-state index contributed by atoms with van der Waals surface area (Å²) < 4.78 is 0. The number of aromatic hydroxyl groups is 2. The largest absolute Gasteiger partial charge is 0.504 e. The first-order valence-electron chi connectivity index (χ1n) is 5.13. The summed E-state index contributed by atoms with van der Waals surface area (Å²) >= 11 is 5.72. The van der Waals surface area contributed by atoms with Crippen LogP contribution in [0, 0.1) is 0 Å². The number of H-pyrrole nitrogens is 1. The van der Waals surface area contributed by atoms with Gasteiger partial charge in [-0.1, -0.05) is 17.7 Å². The number of aromatic nitrogens is 2. The van der Waals surface area contributed by atoms with Crippen molar-refractivity contribution in [3.8, 4) is 11.5 Å². The monoisotopic (exact) mass is 280 g/mol. The third-order valence-corrected chi connectivity index (χ3v) is 2.61. The van der Waals surface area contributed by atoms with Gasteiger partial charge in [0.1, 0.15) is 10.7 Å². The van der Waals surface area contributed by atoms with Crippen LogP contribution < -0.4 is 11.0 Å². The van der Waals surface area contributed by atoms with Crippen LogP contribution in [0.15, 0.2) is 34.3 Å². The van der Waals surface area contributed by atoms with Crippen molar-refractivity contribution in [2.45, 2.75) is 0 Å². The van der Waals surface area contributed by atoms with Crippen molar-refractivity contribution in [3.63, 3.8) is 0 Å². The Kier molecular flexibility index (Phi) is 3.67. The van der Waals surface area contributed by atoms with E-state index in [0.29, 0.717) is 5.56 Å². The SMILES string of the molecule is O=c1[nH]ncc(N/N=C/c2cccc(O)c2O)c1Cl. The Morgan fingerprint density at radius 3 is 3.00 bits per heavy atom. The molecule has 0 aliphatic rings. The highest BCUT2D eigenvalue weighted by molar-refractivity contribution is 6.32. The molecule has 0 amide bonds. The second-order valence-electron chi connectivity index (χ2n) is 3.51. The summed E-state index contributed by atoms with van der Waals surface area (Å²) in [6.07, 6.45) is 2.57. The number of para-hydroxylation sites is 1. The molecule has 8 heteroatoms. The highest BCUT2D eigenvalue weighted by Crippen LogP contribution is 2.26. The van der Waals surface area contributed by atoms with E-state index in [9.17, 15) is 15.0 Å². The summed E-state index contributed by atoms with van der Waals surface area (Å²) in [6, 6.07) is 4.45. The summed E-state index contributed by atoms with van der Waals surface area (Å²) in [6.45, 7) is 0. The number of anilines is 1. The van der Waals surface area contributed by atoms with Crippen LogP contribution in [0.25, 0.3) is 0 Å². The van der Waals surface area contributed by atoms with Gasteiger partial charge in [0.25, 0.3) is 5.56 Å². The van der Waals surface area contributed by atoms with E-state index < -0.39 is 5.56 Å². The van der Waals surface area contributed by atoms with Gasteiger partial charge in [0, 0.05) is 5.56 Å². The zero-order chi connectivity index (χ0) is 13.8. The summed E-state index contributed by atoms with van der Waals surface area (Å²) in [5, 5.41) is 28.3. The average molecular weight is 281 g/mol. The number of aromatic amines is 1. The molecule has 2 rings (SSSR count). The Hall–Kier alpha value is -2.54. The van der Waals surface area contributed by atoms with Gasteiger partial charge in [-0.2, -0.15) is 10.2 Å². The molecule has 0 fully saturated rings. The van der Waals surface area contributed by atoms with Crippen LogP contribution in [0.2, 0.25) is 5.02 Å². The van der Waals surface area contributed by atoms with Gasteiger partial charge in [-0.25, -0.2) is 5.10 Å². The minimum atomic E-state index is -0.540. The van der Waals surface area contributed by atoms with Crippen molar-refractivity contribution >= 4 is 23.5 Å².